The molecule has 0 amide bonds. The smallest absolute Gasteiger partial charge is 0.336 e. The van der Waals surface area contributed by atoms with Crippen LogP contribution in [-0.4, -0.2) is 16.9 Å². The van der Waals surface area contributed by atoms with Crippen LogP contribution in [0.1, 0.15) is 26.7 Å². The van der Waals surface area contributed by atoms with Crippen molar-refractivity contribution >= 4 is 37.8 Å². The topological polar surface area (TPSA) is 26.3 Å². The fraction of sp³-hybridized carbons (Fsp3) is 0.667. The number of rotatable bonds is 3. The first-order valence-electron chi connectivity index (χ1n) is 4.32. The maximum absolute atomic E-state index is 11.4. The zero-order valence-electron chi connectivity index (χ0n) is 7.64. The van der Waals surface area contributed by atoms with E-state index in [9.17, 15) is 4.79 Å². The first kappa shape index (κ1) is 11.2. The van der Waals surface area contributed by atoms with E-state index in [1.807, 2.05) is 6.92 Å². The molecule has 0 N–H and O–H groups in total. The summed E-state index contributed by atoms with van der Waals surface area (Å²) in [7, 11) is 0. The third-order valence-corrected chi connectivity index (χ3v) is 3.96. The molecule has 0 aromatic rings. The van der Waals surface area contributed by atoms with E-state index < -0.39 is 0 Å². The number of alkyl halides is 1. The summed E-state index contributed by atoms with van der Waals surface area (Å²) in [5.41, 5.74) is 0.745. The number of hydrogen-bond donors (Lipinski definition) is 0. The van der Waals surface area contributed by atoms with Crippen LogP contribution >= 0.6 is 31.9 Å². The number of carbonyl (C=O) groups excluding carboxylic acids is 1. The minimum absolute atomic E-state index is 0.115. The average Bonchev–Trinajstić information content (AvgIpc) is 2.27. The van der Waals surface area contributed by atoms with Gasteiger partial charge in [-0.1, -0.05) is 45.2 Å². The summed E-state index contributed by atoms with van der Waals surface area (Å²) >= 11 is 6.87. The van der Waals surface area contributed by atoms with Crippen LogP contribution in [0.2, 0.25) is 0 Å². The molecule has 1 aliphatic rings. The van der Waals surface area contributed by atoms with Gasteiger partial charge in [0.1, 0.15) is 6.10 Å². The lowest BCUT2D eigenvalue weighted by Gasteiger charge is -2.06. The first-order chi connectivity index (χ1) is 6.07. The highest BCUT2D eigenvalue weighted by Crippen LogP contribution is 2.33. The Labute approximate surface area is 95.0 Å². The van der Waals surface area contributed by atoms with Crippen LogP contribution in [0.15, 0.2) is 10.1 Å². The molecule has 0 bridgehead atoms. The molecule has 0 spiro atoms. The third-order valence-electron chi connectivity index (χ3n) is 1.97. The summed E-state index contributed by atoms with van der Waals surface area (Å²) in [5.74, 6) is -0.199. The van der Waals surface area contributed by atoms with Crippen LogP contribution < -0.4 is 0 Å². The van der Waals surface area contributed by atoms with Crippen LogP contribution in [0.25, 0.3) is 0 Å². The van der Waals surface area contributed by atoms with Crippen molar-refractivity contribution in [3.63, 3.8) is 0 Å². The molecule has 0 fully saturated rings. The van der Waals surface area contributed by atoms with E-state index in [0.29, 0.717) is 0 Å². The molecule has 4 heteroatoms. The second-order valence-corrected chi connectivity index (χ2v) is 5.03. The Morgan fingerprint density at radius 1 is 1.62 bits per heavy atom. The number of ether oxygens (including phenoxy) is 1. The molecule has 0 aromatic carbocycles. The third kappa shape index (κ3) is 2.34. The molecule has 1 heterocycles. The SMILES string of the molecule is CCC[C@H](Br)C1=C(Br)[C@@H](C)OC1=O. The fourth-order valence-corrected chi connectivity index (χ4v) is 3.00. The van der Waals surface area contributed by atoms with E-state index in [2.05, 4.69) is 38.8 Å². The highest BCUT2D eigenvalue weighted by molar-refractivity contribution is 9.12. The maximum atomic E-state index is 11.4. The molecule has 2 atom stereocenters. The predicted molar refractivity (Wildman–Crippen MR) is 59.1 cm³/mol. The minimum Gasteiger partial charge on any atom is -0.454 e. The summed E-state index contributed by atoms with van der Waals surface area (Å²) in [4.78, 5) is 11.5. The Hall–Kier alpha value is 0.170. The highest BCUT2D eigenvalue weighted by Gasteiger charge is 2.33. The molecule has 0 saturated heterocycles. The van der Waals surface area contributed by atoms with Crippen LogP contribution in [0.3, 0.4) is 0 Å². The van der Waals surface area contributed by atoms with Crippen LogP contribution in [0.4, 0.5) is 0 Å². The van der Waals surface area contributed by atoms with Gasteiger partial charge in [-0.05, 0) is 13.3 Å². The lowest BCUT2D eigenvalue weighted by Crippen LogP contribution is -2.10. The van der Waals surface area contributed by atoms with Crippen LogP contribution in [-0.2, 0) is 9.53 Å². The maximum Gasteiger partial charge on any atom is 0.336 e. The Morgan fingerprint density at radius 2 is 2.23 bits per heavy atom. The largest absolute Gasteiger partial charge is 0.454 e. The minimum atomic E-state index is -0.199. The molecule has 13 heavy (non-hydrogen) atoms. The molecule has 0 aliphatic carbocycles. The zero-order chi connectivity index (χ0) is 10.0. The Morgan fingerprint density at radius 3 is 2.62 bits per heavy atom. The lowest BCUT2D eigenvalue weighted by molar-refractivity contribution is -0.139. The van der Waals surface area contributed by atoms with Gasteiger partial charge >= 0.3 is 5.97 Å². The monoisotopic (exact) mass is 310 g/mol. The van der Waals surface area contributed by atoms with E-state index in [1.54, 1.807) is 0 Å². The second kappa shape index (κ2) is 4.60. The first-order valence-corrected chi connectivity index (χ1v) is 6.03. The normalized spacial score (nSPS) is 24.9. The molecule has 1 rings (SSSR count). The van der Waals surface area contributed by atoms with Crippen molar-refractivity contribution in [2.24, 2.45) is 0 Å². The van der Waals surface area contributed by atoms with E-state index in [0.717, 1.165) is 22.9 Å². The Bertz CT molecular complexity index is 248. The van der Waals surface area contributed by atoms with Crippen molar-refractivity contribution in [3.8, 4) is 0 Å². The van der Waals surface area contributed by atoms with Crippen LogP contribution in [0.5, 0.6) is 0 Å². The number of hydrogen-bond acceptors (Lipinski definition) is 2. The van der Waals surface area contributed by atoms with Gasteiger partial charge in [-0.3, -0.25) is 0 Å². The molecule has 0 saturated carbocycles. The summed E-state index contributed by atoms with van der Waals surface area (Å²) in [6.45, 7) is 3.95. The standard InChI is InChI=1S/C9H12Br2O2/c1-3-4-6(10)7-8(11)5(2)13-9(7)12/h5-6H,3-4H2,1-2H3/t5-,6+/m1/s1. The molecular formula is C9H12Br2O2. The van der Waals surface area contributed by atoms with E-state index in [1.165, 1.54) is 0 Å². The van der Waals surface area contributed by atoms with Gasteiger partial charge in [0.15, 0.2) is 0 Å². The zero-order valence-corrected chi connectivity index (χ0v) is 10.8. The molecule has 1 aliphatic heterocycles. The van der Waals surface area contributed by atoms with Gasteiger partial charge in [0, 0.05) is 9.31 Å². The van der Waals surface area contributed by atoms with Crippen molar-refractivity contribution in [3.05, 3.63) is 10.1 Å². The van der Waals surface area contributed by atoms with Gasteiger partial charge in [0.2, 0.25) is 0 Å². The van der Waals surface area contributed by atoms with Crippen molar-refractivity contribution in [2.75, 3.05) is 0 Å². The molecular weight excluding hydrogens is 300 g/mol. The molecule has 74 valence electrons. The summed E-state index contributed by atoms with van der Waals surface area (Å²) in [6.07, 6.45) is 1.87. The number of cyclic esters (lactones) is 1. The predicted octanol–water partition coefficient (Wildman–Crippen LogP) is 3.14. The molecule has 0 unspecified atom stereocenters. The van der Waals surface area contributed by atoms with Crippen molar-refractivity contribution < 1.29 is 9.53 Å². The number of halogens is 2. The highest BCUT2D eigenvalue weighted by atomic mass is 79.9. The Kier molecular flexibility index (Phi) is 3.98. The average molecular weight is 312 g/mol. The van der Waals surface area contributed by atoms with Gasteiger partial charge < -0.3 is 4.74 Å². The second-order valence-electron chi connectivity index (χ2n) is 3.07. The number of carbonyl (C=O) groups is 1. The van der Waals surface area contributed by atoms with Gasteiger partial charge in [-0.15, -0.1) is 0 Å². The van der Waals surface area contributed by atoms with Crippen LogP contribution in [0, 0.1) is 0 Å². The van der Waals surface area contributed by atoms with Gasteiger partial charge in [-0.25, -0.2) is 4.79 Å². The Balaban J connectivity index is 2.82. The summed E-state index contributed by atoms with van der Waals surface area (Å²) in [6, 6.07) is 0. The van der Waals surface area contributed by atoms with E-state index in [4.69, 9.17) is 4.74 Å². The van der Waals surface area contributed by atoms with Crippen molar-refractivity contribution in [1.82, 2.24) is 0 Å². The van der Waals surface area contributed by atoms with Gasteiger partial charge in [0.05, 0.1) is 5.57 Å². The molecule has 0 aromatic heterocycles. The lowest BCUT2D eigenvalue weighted by atomic mass is 10.1. The quantitative estimate of drug-likeness (QED) is 0.591. The van der Waals surface area contributed by atoms with Crippen molar-refractivity contribution in [1.29, 1.82) is 0 Å². The molecule has 2 nitrogen and oxygen atoms in total. The van der Waals surface area contributed by atoms with Gasteiger partial charge in [0.25, 0.3) is 0 Å². The van der Waals surface area contributed by atoms with Gasteiger partial charge in [-0.2, -0.15) is 0 Å². The fourth-order valence-electron chi connectivity index (χ4n) is 1.27. The van der Waals surface area contributed by atoms with E-state index >= 15 is 0 Å². The van der Waals surface area contributed by atoms with E-state index in [-0.39, 0.29) is 16.9 Å². The van der Waals surface area contributed by atoms with Crippen molar-refractivity contribution in [2.45, 2.75) is 37.6 Å². The number of esters is 1. The summed E-state index contributed by atoms with van der Waals surface area (Å²) < 4.78 is 5.95. The molecule has 0 radical (unpaired) electrons. The summed E-state index contributed by atoms with van der Waals surface area (Å²) in [5, 5.41) is 0.